The topological polar surface area (TPSA) is 12.0 Å². The number of nitrogens with one attached hydrogen (secondary N) is 1. The van der Waals surface area contributed by atoms with Crippen LogP contribution >= 0.6 is 0 Å². The van der Waals surface area contributed by atoms with Gasteiger partial charge in [-0.25, -0.2) is 0 Å². The molecule has 1 nitrogen and oxygen atoms in total. The van der Waals surface area contributed by atoms with Crippen LogP contribution in [0.4, 0.5) is 0 Å². The Morgan fingerprint density at radius 3 is 2.43 bits per heavy atom. The zero-order valence-electron chi connectivity index (χ0n) is 13.3. The van der Waals surface area contributed by atoms with Crippen molar-refractivity contribution >= 4 is 0 Å². The Hall–Kier alpha value is -1.60. The molecule has 0 saturated carbocycles. The van der Waals surface area contributed by atoms with E-state index in [1.165, 1.54) is 22.3 Å². The Morgan fingerprint density at radius 2 is 1.71 bits per heavy atom. The van der Waals surface area contributed by atoms with Gasteiger partial charge in [0, 0.05) is 6.04 Å². The molecular formula is C20H25N. The van der Waals surface area contributed by atoms with Crippen LogP contribution in [0.2, 0.25) is 0 Å². The average molecular weight is 279 g/mol. The highest BCUT2D eigenvalue weighted by Gasteiger charge is 2.19. The summed E-state index contributed by atoms with van der Waals surface area (Å²) in [6, 6.07) is 18.4. The summed E-state index contributed by atoms with van der Waals surface area (Å²) >= 11 is 0. The van der Waals surface area contributed by atoms with Crippen molar-refractivity contribution in [1.29, 1.82) is 0 Å². The predicted molar refractivity (Wildman–Crippen MR) is 89.7 cm³/mol. The smallest absolute Gasteiger partial charge is 0.0363 e. The second kappa shape index (κ2) is 5.65. The first-order valence-corrected chi connectivity index (χ1v) is 7.94. The number of fused-ring (bicyclic) bond motifs is 1. The quantitative estimate of drug-likeness (QED) is 0.858. The van der Waals surface area contributed by atoms with Crippen molar-refractivity contribution in [2.24, 2.45) is 0 Å². The van der Waals surface area contributed by atoms with Crippen molar-refractivity contribution in [3.63, 3.8) is 0 Å². The monoisotopic (exact) mass is 279 g/mol. The van der Waals surface area contributed by atoms with Crippen LogP contribution in [0.3, 0.4) is 0 Å². The van der Waals surface area contributed by atoms with Gasteiger partial charge in [-0.15, -0.1) is 0 Å². The van der Waals surface area contributed by atoms with Crippen molar-refractivity contribution in [2.75, 3.05) is 6.54 Å². The van der Waals surface area contributed by atoms with Crippen LogP contribution in [-0.2, 0) is 18.3 Å². The SMILES string of the molecule is CC(C)(C)c1ccc(CC2NCCc3ccccc32)cc1. The third kappa shape index (κ3) is 3.19. The summed E-state index contributed by atoms with van der Waals surface area (Å²) in [6.45, 7) is 7.88. The van der Waals surface area contributed by atoms with Crippen molar-refractivity contribution in [3.8, 4) is 0 Å². The molecule has 0 bridgehead atoms. The molecule has 0 aromatic heterocycles. The second-order valence-electron chi connectivity index (χ2n) is 7.11. The van der Waals surface area contributed by atoms with Crippen LogP contribution in [0, 0.1) is 0 Å². The fraction of sp³-hybridized carbons (Fsp3) is 0.400. The largest absolute Gasteiger partial charge is 0.309 e. The molecule has 0 spiro atoms. The predicted octanol–water partition coefficient (Wildman–Crippen LogP) is 4.41. The molecule has 0 amide bonds. The van der Waals surface area contributed by atoms with Crippen LogP contribution in [0.25, 0.3) is 0 Å². The van der Waals surface area contributed by atoms with Gasteiger partial charge in [0.25, 0.3) is 0 Å². The third-order valence-electron chi connectivity index (χ3n) is 4.48. The molecule has 3 rings (SSSR count). The van der Waals surface area contributed by atoms with E-state index in [0.717, 1.165) is 19.4 Å². The summed E-state index contributed by atoms with van der Waals surface area (Å²) in [6.07, 6.45) is 2.22. The highest BCUT2D eigenvalue weighted by atomic mass is 14.9. The minimum Gasteiger partial charge on any atom is -0.309 e. The highest BCUT2D eigenvalue weighted by Crippen LogP contribution is 2.27. The summed E-state index contributed by atoms with van der Waals surface area (Å²) in [5.41, 5.74) is 6.03. The fourth-order valence-electron chi connectivity index (χ4n) is 3.15. The zero-order chi connectivity index (χ0) is 14.9. The minimum absolute atomic E-state index is 0.230. The number of benzene rings is 2. The van der Waals surface area contributed by atoms with E-state index in [0.29, 0.717) is 6.04 Å². The van der Waals surface area contributed by atoms with Crippen LogP contribution < -0.4 is 5.32 Å². The Kier molecular flexibility index (Phi) is 3.86. The molecule has 110 valence electrons. The van der Waals surface area contributed by atoms with Gasteiger partial charge < -0.3 is 5.32 Å². The van der Waals surface area contributed by atoms with Crippen LogP contribution in [0.5, 0.6) is 0 Å². The Morgan fingerprint density at radius 1 is 1.00 bits per heavy atom. The summed E-state index contributed by atoms with van der Waals surface area (Å²) in [4.78, 5) is 0. The molecular weight excluding hydrogens is 254 g/mol. The summed E-state index contributed by atoms with van der Waals surface area (Å²) in [5, 5.41) is 3.67. The van der Waals surface area contributed by atoms with E-state index in [2.05, 4.69) is 74.6 Å². The summed E-state index contributed by atoms with van der Waals surface area (Å²) in [5.74, 6) is 0. The lowest BCUT2D eigenvalue weighted by atomic mass is 9.85. The van der Waals surface area contributed by atoms with Crippen molar-refractivity contribution < 1.29 is 0 Å². The van der Waals surface area contributed by atoms with Crippen LogP contribution in [-0.4, -0.2) is 6.54 Å². The first-order chi connectivity index (χ1) is 10.0. The molecule has 0 radical (unpaired) electrons. The highest BCUT2D eigenvalue weighted by molar-refractivity contribution is 5.35. The molecule has 1 heteroatoms. The van der Waals surface area contributed by atoms with E-state index >= 15 is 0 Å². The van der Waals surface area contributed by atoms with E-state index in [1.807, 2.05) is 0 Å². The third-order valence-corrected chi connectivity index (χ3v) is 4.48. The average Bonchev–Trinajstić information content (AvgIpc) is 2.47. The molecule has 0 fully saturated rings. The van der Waals surface area contributed by atoms with Gasteiger partial charge in [0.05, 0.1) is 0 Å². The molecule has 1 aliphatic heterocycles. The van der Waals surface area contributed by atoms with Gasteiger partial charge in [-0.2, -0.15) is 0 Å². The fourth-order valence-corrected chi connectivity index (χ4v) is 3.15. The van der Waals surface area contributed by atoms with Gasteiger partial charge in [-0.1, -0.05) is 69.3 Å². The van der Waals surface area contributed by atoms with Gasteiger partial charge in [0.1, 0.15) is 0 Å². The molecule has 0 saturated heterocycles. The van der Waals surface area contributed by atoms with E-state index in [1.54, 1.807) is 0 Å². The van der Waals surface area contributed by atoms with Crippen LogP contribution in [0.1, 0.15) is 49.1 Å². The van der Waals surface area contributed by atoms with E-state index < -0.39 is 0 Å². The minimum atomic E-state index is 0.230. The Bertz CT molecular complexity index is 604. The van der Waals surface area contributed by atoms with E-state index in [-0.39, 0.29) is 5.41 Å². The summed E-state index contributed by atoms with van der Waals surface area (Å²) in [7, 11) is 0. The number of hydrogen-bond donors (Lipinski definition) is 1. The molecule has 1 aliphatic rings. The van der Waals surface area contributed by atoms with Gasteiger partial charge in [-0.05, 0) is 47.1 Å². The molecule has 2 aromatic carbocycles. The van der Waals surface area contributed by atoms with Crippen molar-refractivity contribution in [1.82, 2.24) is 5.32 Å². The second-order valence-corrected chi connectivity index (χ2v) is 7.11. The molecule has 2 aromatic rings. The normalized spacial score (nSPS) is 18.3. The van der Waals surface area contributed by atoms with Crippen molar-refractivity contribution in [2.45, 2.75) is 45.1 Å². The molecule has 1 atom stereocenters. The molecule has 1 heterocycles. The van der Waals surface area contributed by atoms with Gasteiger partial charge in [0.2, 0.25) is 0 Å². The zero-order valence-corrected chi connectivity index (χ0v) is 13.3. The molecule has 21 heavy (non-hydrogen) atoms. The molecule has 0 aliphatic carbocycles. The van der Waals surface area contributed by atoms with Gasteiger partial charge >= 0.3 is 0 Å². The summed E-state index contributed by atoms with van der Waals surface area (Å²) < 4.78 is 0. The lowest BCUT2D eigenvalue weighted by Crippen LogP contribution is -2.31. The number of hydrogen-bond acceptors (Lipinski definition) is 1. The standard InChI is InChI=1S/C20H25N/c1-20(2,3)17-10-8-15(9-11-17)14-19-18-7-5-4-6-16(18)12-13-21-19/h4-11,19,21H,12-14H2,1-3H3. The lowest BCUT2D eigenvalue weighted by Gasteiger charge is -2.27. The van der Waals surface area contributed by atoms with Gasteiger partial charge in [-0.3, -0.25) is 0 Å². The van der Waals surface area contributed by atoms with Gasteiger partial charge in [0.15, 0.2) is 0 Å². The maximum atomic E-state index is 3.67. The van der Waals surface area contributed by atoms with Crippen LogP contribution in [0.15, 0.2) is 48.5 Å². The number of rotatable bonds is 2. The van der Waals surface area contributed by atoms with Crippen molar-refractivity contribution in [3.05, 3.63) is 70.8 Å². The maximum Gasteiger partial charge on any atom is 0.0363 e. The van der Waals surface area contributed by atoms with E-state index in [4.69, 9.17) is 0 Å². The Balaban J connectivity index is 1.79. The maximum absolute atomic E-state index is 3.67. The lowest BCUT2D eigenvalue weighted by molar-refractivity contribution is 0.502. The molecule has 1 unspecified atom stereocenters. The molecule has 1 N–H and O–H groups in total. The first kappa shape index (κ1) is 14.3. The first-order valence-electron chi connectivity index (χ1n) is 7.94. The van der Waals surface area contributed by atoms with E-state index in [9.17, 15) is 0 Å². The Labute approximate surface area is 128 Å².